The molecule has 3 nitrogen and oxygen atoms in total. The zero-order chi connectivity index (χ0) is 15.8. The van der Waals surface area contributed by atoms with Crippen molar-refractivity contribution in [3.8, 4) is 5.75 Å². The Balaban J connectivity index is 1.91. The molecule has 0 heterocycles. The SMILES string of the molecule is CC[C@@H](CO)NCc1cccc(OCc2cccc(C)c2)c1. The monoisotopic (exact) mass is 299 g/mol. The maximum absolute atomic E-state index is 9.20. The molecule has 0 amide bonds. The van der Waals surface area contributed by atoms with Crippen molar-refractivity contribution >= 4 is 0 Å². The highest BCUT2D eigenvalue weighted by Gasteiger charge is 2.04. The van der Waals surface area contributed by atoms with E-state index in [-0.39, 0.29) is 12.6 Å². The summed E-state index contributed by atoms with van der Waals surface area (Å²) in [5.74, 6) is 0.873. The fourth-order valence-electron chi connectivity index (χ4n) is 2.31. The molecule has 3 heteroatoms. The second-order valence-corrected chi connectivity index (χ2v) is 5.59. The van der Waals surface area contributed by atoms with Crippen molar-refractivity contribution in [2.24, 2.45) is 0 Å². The summed E-state index contributed by atoms with van der Waals surface area (Å²) in [5.41, 5.74) is 3.58. The summed E-state index contributed by atoms with van der Waals surface area (Å²) in [7, 11) is 0. The van der Waals surface area contributed by atoms with Crippen LogP contribution in [0.15, 0.2) is 48.5 Å². The molecule has 0 aliphatic rings. The van der Waals surface area contributed by atoms with E-state index in [1.807, 2.05) is 24.3 Å². The number of aryl methyl sites for hydroxylation is 1. The molecule has 2 aromatic rings. The minimum absolute atomic E-state index is 0.150. The summed E-state index contributed by atoms with van der Waals surface area (Å²) in [6, 6.07) is 16.6. The normalized spacial score (nSPS) is 12.1. The fourth-order valence-corrected chi connectivity index (χ4v) is 2.31. The predicted octanol–water partition coefficient (Wildman–Crippen LogP) is 3.43. The Morgan fingerprint density at radius 1 is 1.09 bits per heavy atom. The van der Waals surface area contributed by atoms with Crippen molar-refractivity contribution < 1.29 is 9.84 Å². The van der Waals surface area contributed by atoms with E-state index in [1.165, 1.54) is 11.1 Å². The van der Waals surface area contributed by atoms with Gasteiger partial charge in [-0.2, -0.15) is 0 Å². The van der Waals surface area contributed by atoms with Crippen LogP contribution < -0.4 is 10.1 Å². The molecule has 118 valence electrons. The van der Waals surface area contributed by atoms with Gasteiger partial charge in [0.15, 0.2) is 0 Å². The Bertz CT molecular complexity index is 579. The van der Waals surface area contributed by atoms with Crippen molar-refractivity contribution in [3.05, 3.63) is 65.2 Å². The standard InChI is InChI=1S/C19H25NO2/c1-3-18(13-21)20-12-16-7-5-9-19(11-16)22-14-17-8-4-6-15(2)10-17/h4-11,18,20-21H,3,12-14H2,1-2H3/t18-/m0/s1. The highest BCUT2D eigenvalue weighted by Crippen LogP contribution is 2.16. The zero-order valence-corrected chi connectivity index (χ0v) is 13.4. The molecule has 0 saturated heterocycles. The third-order valence-electron chi connectivity index (χ3n) is 3.69. The van der Waals surface area contributed by atoms with Crippen LogP contribution in [-0.2, 0) is 13.2 Å². The summed E-state index contributed by atoms with van der Waals surface area (Å²) in [5, 5.41) is 12.5. The molecule has 2 N–H and O–H groups in total. The van der Waals surface area contributed by atoms with Gasteiger partial charge in [-0.1, -0.05) is 48.9 Å². The molecule has 0 unspecified atom stereocenters. The third-order valence-corrected chi connectivity index (χ3v) is 3.69. The number of ether oxygens (including phenoxy) is 1. The van der Waals surface area contributed by atoms with Gasteiger partial charge in [-0.15, -0.1) is 0 Å². The second-order valence-electron chi connectivity index (χ2n) is 5.59. The molecular weight excluding hydrogens is 274 g/mol. The molecule has 22 heavy (non-hydrogen) atoms. The second kappa shape index (κ2) is 8.57. The predicted molar refractivity (Wildman–Crippen MR) is 90.0 cm³/mol. The van der Waals surface area contributed by atoms with Crippen LogP contribution >= 0.6 is 0 Å². The first-order chi connectivity index (χ1) is 10.7. The van der Waals surface area contributed by atoms with Crippen molar-refractivity contribution in [2.45, 2.75) is 39.5 Å². The van der Waals surface area contributed by atoms with Crippen LogP contribution in [0, 0.1) is 6.92 Å². The summed E-state index contributed by atoms with van der Waals surface area (Å²) in [4.78, 5) is 0. The van der Waals surface area contributed by atoms with Gasteiger partial charge in [-0.3, -0.25) is 0 Å². The van der Waals surface area contributed by atoms with E-state index in [0.717, 1.165) is 24.3 Å². The smallest absolute Gasteiger partial charge is 0.120 e. The molecule has 0 aromatic heterocycles. The quantitative estimate of drug-likeness (QED) is 0.784. The number of rotatable bonds is 8. The van der Waals surface area contributed by atoms with Gasteiger partial charge in [0.2, 0.25) is 0 Å². The van der Waals surface area contributed by atoms with E-state index in [9.17, 15) is 5.11 Å². The van der Waals surface area contributed by atoms with Crippen LogP contribution in [-0.4, -0.2) is 17.8 Å². The average Bonchev–Trinajstić information content (AvgIpc) is 2.54. The molecule has 0 radical (unpaired) electrons. The van der Waals surface area contributed by atoms with Crippen LogP contribution in [0.3, 0.4) is 0 Å². The first-order valence-corrected chi connectivity index (χ1v) is 7.82. The minimum Gasteiger partial charge on any atom is -0.489 e. The number of nitrogens with one attached hydrogen (secondary N) is 1. The number of benzene rings is 2. The largest absolute Gasteiger partial charge is 0.489 e. The van der Waals surface area contributed by atoms with E-state index in [2.05, 4.69) is 43.4 Å². The van der Waals surface area contributed by atoms with E-state index >= 15 is 0 Å². The van der Waals surface area contributed by atoms with E-state index in [4.69, 9.17) is 4.74 Å². The van der Waals surface area contributed by atoms with Gasteiger partial charge in [0.1, 0.15) is 12.4 Å². The van der Waals surface area contributed by atoms with E-state index < -0.39 is 0 Å². The van der Waals surface area contributed by atoms with E-state index in [0.29, 0.717) is 6.61 Å². The third kappa shape index (κ3) is 5.17. The van der Waals surface area contributed by atoms with Crippen LogP contribution in [0.25, 0.3) is 0 Å². The lowest BCUT2D eigenvalue weighted by Crippen LogP contribution is -2.31. The topological polar surface area (TPSA) is 41.5 Å². The molecule has 0 aliphatic carbocycles. The molecule has 0 aliphatic heterocycles. The molecular formula is C19H25NO2. The number of hydrogen-bond acceptors (Lipinski definition) is 3. The van der Waals surface area contributed by atoms with Gasteiger partial charge in [-0.05, 0) is 36.6 Å². The van der Waals surface area contributed by atoms with Crippen LogP contribution in [0.1, 0.15) is 30.0 Å². The van der Waals surface area contributed by atoms with Gasteiger partial charge in [0.25, 0.3) is 0 Å². The lowest BCUT2D eigenvalue weighted by Gasteiger charge is -2.14. The van der Waals surface area contributed by atoms with Crippen molar-refractivity contribution in [1.82, 2.24) is 5.32 Å². The summed E-state index contributed by atoms with van der Waals surface area (Å²) >= 11 is 0. The fraction of sp³-hybridized carbons (Fsp3) is 0.368. The Kier molecular flexibility index (Phi) is 6.44. The summed E-state index contributed by atoms with van der Waals surface area (Å²) in [6.07, 6.45) is 0.917. The molecule has 0 saturated carbocycles. The summed E-state index contributed by atoms with van der Waals surface area (Å²) < 4.78 is 5.87. The molecule has 0 bridgehead atoms. The van der Waals surface area contributed by atoms with Crippen LogP contribution in [0.4, 0.5) is 0 Å². The van der Waals surface area contributed by atoms with Gasteiger partial charge in [0, 0.05) is 12.6 Å². The lowest BCUT2D eigenvalue weighted by molar-refractivity contribution is 0.238. The van der Waals surface area contributed by atoms with Crippen molar-refractivity contribution in [1.29, 1.82) is 0 Å². The zero-order valence-electron chi connectivity index (χ0n) is 13.4. The van der Waals surface area contributed by atoms with Gasteiger partial charge in [-0.25, -0.2) is 0 Å². The summed E-state index contributed by atoms with van der Waals surface area (Å²) in [6.45, 7) is 5.63. The van der Waals surface area contributed by atoms with Gasteiger partial charge in [0.05, 0.1) is 6.61 Å². The highest BCUT2D eigenvalue weighted by molar-refractivity contribution is 5.29. The Morgan fingerprint density at radius 3 is 2.59 bits per heavy atom. The molecule has 2 rings (SSSR count). The average molecular weight is 299 g/mol. The molecule has 2 aromatic carbocycles. The van der Waals surface area contributed by atoms with Crippen molar-refractivity contribution in [3.63, 3.8) is 0 Å². The van der Waals surface area contributed by atoms with Gasteiger partial charge < -0.3 is 15.2 Å². The molecule has 0 spiro atoms. The maximum Gasteiger partial charge on any atom is 0.120 e. The first-order valence-electron chi connectivity index (χ1n) is 7.82. The Hall–Kier alpha value is -1.84. The van der Waals surface area contributed by atoms with Crippen LogP contribution in [0.5, 0.6) is 5.75 Å². The van der Waals surface area contributed by atoms with Crippen molar-refractivity contribution in [2.75, 3.05) is 6.61 Å². The number of hydrogen-bond donors (Lipinski definition) is 2. The van der Waals surface area contributed by atoms with Crippen LogP contribution in [0.2, 0.25) is 0 Å². The molecule has 0 fully saturated rings. The van der Waals surface area contributed by atoms with Gasteiger partial charge >= 0.3 is 0 Å². The number of aliphatic hydroxyl groups excluding tert-OH is 1. The first kappa shape index (κ1) is 16.5. The van der Waals surface area contributed by atoms with E-state index in [1.54, 1.807) is 0 Å². The minimum atomic E-state index is 0.150. The lowest BCUT2D eigenvalue weighted by atomic mass is 10.1. The number of aliphatic hydroxyl groups is 1. The highest BCUT2D eigenvalue weighted by atomic mass is 16.5. The molecule has 1 atom stereocenters. The maximum atomic E-state index is 9.20. The Labute approximate surface area is 133 Å². The Morgan fingerprint density at radius 2 is 1.86 bits per heavy atom.